The number of hydrogen-bond donors (Lipinski definition) is 1. The summed E-state index contributed by atoms with van der Waals surface area (Å²) in [6.07, 6.45) is 7.80. The van der Waals surface area contributed by atoms with Gasteiger partial charge in [0.25, 0.3) is 5.91 Å². The standard InChI is InChI=1S/C14H21N5O/c15-12-1-4-18(5-2-12)13-3-6-19(9-13)14(20)11-7-16-10-17-8-11/h7-8,10,12-13H,1-6,9,15H2. The number of rotatable bonds is 2. The van der Waals surface area contributed by atoms with Gasteiger partial charge in [0.05, 0.1) is 5.56 Å². The Labute approximate surface area is 119 Å². The summed E-state index contributed by atoms with van der Waals surface area (Å²) in [6, 6.07) is 0.836. The largest absolute Gasteiger partial charge is 0.337 e. The Kier molecular flexibility index (Phi) is 3.93. The van der Waals surface area contributed by atoms with Gasteiger partial charge in [-0.15, -0.1) is 0 Å². The van der Waals surface area contributed by atoms with E-state index in [4.69, 9.17) is 5.73 Å². The second kappa shape index (κ2) is 5.85. The Balaban J connectivity index is 1.58. The number of piperidine rings is 1. The van der Waals surface area contributed by atoms with Crippen molar-refractivity contribution in [3.05, 3.63) is 24.3 Å². The minimum Gasteiger partial charge on any atom is -0.337 e. The minimum atomic E-state index is 0.0433. The summed E-state index contributed by atoms with van der Waals surface area (Å²) in [5.74, 6) is 0.0433. The number of hydrogen-bond acceptors (Lipinski definition) is 5. The lowest BCUT2D eigenvalue weighted by Crippen LogP contribution is -2.46. The fourth-order valence-corrected chi connectivity index (χ4v) is 3.10. The molecule has 0 radical (unpaired) electrons. The van der Waals surface area contributed by atoms with Crippen molar-refractivity contribution in [1.29, 1.82) is 0 Å². The zero-order chi connectivity index (χ0) is 13.9. The molecule has 20 heavy (non-hydrogen) atoms. The van der Waals surface area contributed by atoms with E-state index in [-0.39, 0.29) is 5.91 Å². The van der Waals surface area contributed by atoms with Gasteiger partial charge in [-0.05, 0) is 32.4 Å². The molecule has 6 heteroatoms. The van der Waals surface area contributed by atoms with Crippen LogP contribution in [0.5, 0.6) is 0 Å². The van der Waals surface area contributed by atoms with Crippen molar-refractivity contribution < 1.29 is 4.79 Å². The van der Waals surface area contributed by atoms with Crippen molar-refractivity contribution in [2.45, 2.75) is 31.3 Å². The third-order valence-electron chi connectivity index (χ3n) is 4.35. The van der Waals surface area contributed by atoms with E-state index in [1.165, 1.54) is 6.33 Å². The molecule has 6 nitrogen and oxygen atoms in total. The van der Waals surface area contributed by atoms with Crippen molar-refractivity contribution >= 4 is 5.91 Å². The van der Waals surface area contributed by atoms with Gasteiger partial charge in [-0.3, -0.25) is 9.69 Å². The highest BCUT2D eigenvalue weighted by atomic mass is 16.2. The average molecular weight is 275 g/mol. The van der Waals surface area contributed by atoms with Crippen LogP contribution in [0.1, 0.15) is 29.6 Å². The van der Waals surface area contributed by atoms with E-state index in [0.29, 0.717) is 17.6 Å². The maximum Gasteiger partial charge on any atom is 0.257 e. The molecule has 0 bridgehead atoms. The molecular weight excluding hydrogens is 254 g/mol. The predicted octanol–water partition coefficient (Wildman–Crippen LogP) is 0.114. The molecule has 1 unspecified atom stereocenters. The monoisotopic (exact) mass is 275 g/mol. The first-order chi connectivity index (χ1) is 9.74. The number of amides is 1. The van der Waals surface area contributed by atoms with Crippen LogP contribution in [-0.2, 0) is 0 Å². The average Bonchev–Trinajstić information content (AvgIpc) is 2.98. The van der Waals surface area contributed by atoms with Gasteiger partial charge in [0.2, 0.25) is 0 Å². The van der Waals surface area contributed by atoms with E-state index in [2.05, 4.69) is 14.9 Å². The summed E-state index contributed by atoms with van der Waals surface area (Å²) >= 11 is 0. The maximum atomic E-state index is 12.3. The molecule has 2 N–H and O–H groups in total. The van der Waals surface area contributed by atoms with Crippen LogP contribution < -0.4 is 5.73 Å². The molecule has 1 amide bonds. The van der Waals surface area contributed by atoms with Gasteiger partial charge in [-0.25, -0.2) is 9.97 Å². The summed E-state index contributed by atoms with van der Waals surface area (Å²) < 4.78 is 0. The highest BCUT2D eigenvalue weighted by Crippen LogP contribution is 2.21. The molecule has 1 aromatic heterocycles. The van der Waals surface area contributed by atoms with Gasteiger partial charge >= 0.3 is 0 Å². The van der Waals surface area contributed by atoms with Crippen LogP contribution in [0.2, 0.25) is 0 Å². The van der Waals surface area contributed by atoms with E-state index in [1.54, 1.807) is 12.4 Å². The van der Waals surface area contributed by atoms with E-state index < -0.39 is 0 Å². The van der Waals surface area contributed by atoms with Gasteiger partial charge in [0.15, 0.2) is 0 Å². The fraction of sp³-hybridized carbons (Fsp3) is 0.643. The van der Waals surface area contributed by atoms with Crippen LogP contribution in [0.4, 0.5) is 0 Å². The van der Waals surface area contributed by atoms with Gasteiger partial charge in [-0.2, -0.15) is 0 Å². The molecule has 1 atom stereocenters. The molecular formula is C14H21N5O. The Morgan fingerprint density at radius 2 is 1.85 bits per heavy atom. The molecule has 2 aliphatic rings. The minimum absolute atomic E-state index is 0.0433. The van der Waals surface area contributed by atoms with E-state index in [9.17, 15) is 4.79 Å². The number of nitrogens with zero attached hydrogens (tertiary/aromatic N) is 4. The first kappa shape index (κ1) is 13.5. The number of nitrogens with two attached hydrogens (primary N) is 1. The molecule has 2 aliphatic heterocycles. The second-order valence-electron chi connectivity index (χ2n) is 5.69. The fourth-order valence-electron chi connectivity index (χ4n) is 3.10. The highest BCUT2D eigenvalue weighted by molar-refractivity contribution is 5.93. The predicted molar refractivity (Wildman–Crippen MR) is 75.1 cm³/mol. The van der Waals surface area contributed by atoms with Crippen LogP contribution in [0.15, 0.2) is 18.7 Å². The topological polar surface area (TPSA) is 75.3 Å². The molecule has 3 heterocycles. The quantitative estimate of drug-likeness (QED) is 0.829. The molecule has 0 saturated carbocycles. The van der Waals surface area contributed by atoms with Crippen LogP contribution in [0.3, 0.4) is 0 Å². The normalized spacial score (nSPS) is 25.1. The molecule has 2 saturated heterocycles. The highest BCUT2D eigenvalue weighted by Gasteiger charge is 2.32. The summed E-state index contributed by atoms with van der Waals surface area (Å²) in [5.41, 5.74) is 6.52. The molecule has 0 aromatic carbocycles. The Morgan fingerprint density at radius 1 is 1.15 bits per heavy atom. The first-order valence-electron chi connectivity index (χ1n) is 7.28. The molecule has 108 valence electrons. The molecule has 3 rings (SSSR count). The van der Waals surface area contributed by atoms with Crippen molar-refractivity contribution in [3.63, 3.8) is 0 Å². The van der Waals surface area contributed by atoms with Gasteiger partial charge in [-0.1, -0.05) is 0 Å². The zero-order valence-electron chi connectivity index (χ0n) is 11.6. The van der Waals surface area contributed by atoms with Crippen LogP contribution in [0, 0.1) is 0 Å². The van der Waals surface area contributed by atoms with Crippen molar-refractivity contribution in [2.75, 3.05) is 26.2 Å². The summed E-state index contributed by atoms with van der Waals surface area (Å²) in [4.78, 5) is 24.6. The van der Waals surface area contributed by atoms with Crippen LogP contribution >= 0.6 is 0 Å². The summed E-state index contributed by atoms with van der Waals surface area (Å²) in [7, 11) is 0. The SMILES string of the molecule is NC1CCN(C2CCN(C(=O)c3cncnc3)C2)CC1. The number of likely N-dealkylation sites (tertiary alicyclic amines) is 2. The molecule has 1 aromatic rings. The molecule has 0 aliphatic carbocycles. The van der Waals surface area contributed by atoms with Crippen LogP contribution in [-0.4, -0.2) is 63.9 Å². The lowest BCUT2D eigenvalue weighted by atomic mass is 10.0. The summed E-state index contributed by atoms with van der Waals surface area (Å²) in [6.45, 7) is 3.74. The Bertz CT molecular complexity index is 458. The van der Waals surface area contributed by atoms with Gasteiger partial charge in [0, 0.05) is 37.6 Å². The van der Waals surface area contributed by atoms with E-state index in [1.807, 2.05) is 4.90 Å². The lowest BCUT2D eigenvalue weighted by molar-refractivity contribution is 0.0768. The number of aromatic nitrogens is 2. The Hall–Kier alpha value is -1.53. The van der Waals surface area contributed by atoms with Crippen LogP contribution in [0.25, 0.3) is 0 Å². The summed E-state index contributed by atoms with van der Waals surface area (Å²) in [5, 5.41) is 0. The second-order valence-corrected chi connectivity index (χ2v) is 5.69. The van der Waals surface area contributed by atoms with Crippen molar-refractivity contribution in [2.24, 2.45) is 5.73 Å². The number of carbonyl (C=O) groups excluding carboxylic acids is 1. The zero-order valence-corrected chi connectivity index (χ0v) is 11.6. The van der Waals surface area contributed by atoms with Crippen molar-refractivity contribution in [3.8, 4) is 0 Å². The van der Waals surface area contributed by atoms with E-state index >= 15 is 0 Å². The number of carbonyl (C=O) groups is 1. The molecule has 2 fully saturated rings. The lowest BCUT2D eigenvalue weighted by Gasteiger charge is -2.34. The smallest absolute Gasteiger partial charge is 0.257 e. The maximum absolute atomic E-state index is 12.3. The Morgan fingerprint density at radius 3 is 2.55 bits per heavy atom. The van der Waals surface area contributed by atoms with Gasteiger partial charge in [0.1, 0.15) is 6.33 Å². The third kappa shape index (κ3) is 2.81. The van der Waals surface area contributed by atoms with Gasteiger partial charge < -0.3 is 10.6 Å². The molecule has 0 spiro atoms. The third-order valence-corrected chi connectivity index (χ3v) is 4.35. The first-order valence-corrected chi connectivity index (χ1v) is 7.28. The van der Waals surface area contributed by atoms with Crippen molar-refractivity contribution in [1.82, 2.24) is 19.8 Å². The van der Waals surface area contributed by atoms with E-state index in [0.717, 1.165) is 45.4 Å².